The number of aromatic nitrogens is 2. The molecule has 4 heterocycles. The standard InChI is InChI=1S/C31H40BrF2N5O4/c1-29(2,3)43-28(40)39-19-5-6-20(39)15-38(14-19)26-21-13-22(33)23(32)24(34)25(21)35-27(36-26)41-18-30(9-10-30)16-37-11-12-42-31(17-37)7-4-8-31/h13,19-20H,4-12,14-18H2,1-3H3. The molecule has 43 heavy (non-hydrogen) atoms. The number of rotatable bonds is 6. The highest BCUT2D eigenvalue weighted by Gasteiger charge is 2.49. The van der Waals surface area contributed by atoms with Crippen LogP contribution in [-0.2, 0) is 9.47 Å². The smallest absolute Gasteiger partial charge is 0.410 e. The van der Waals surface area contributed by atoms with Crippen LogP contribution >= 0.6 is 15.9 Å². The first-order valence-electron chi connectivity index (χ1n) is 15.5. The molecule has 3 aliphatic heterocycles. The van der Waals surface area contributed by atoms with Gasteiger partial charge in [-0.05, 0) is 87.7 Å². The average molecular weight is 665 g/mol. The summed E-state index contributed by atoms with van der Waals surface area (Å²) in [7, 11) is 0. The number of amides is 1. The Morgan fingerprint density at radius 2 is 1.86 bits per heavy atom. The van der Waals surface area contributed by atoms with Gasteiger partial charge in [-0.15, -0.1) is 0 Å². The molecule has 0 N–H and O–H groups in total. The molecule has 1 amide bonds. The van der Waals surface area contributed by atoms with Crippen molar-refractivity contribution in [3.8, 4) is 6.01 Å². The maximum atomic E-state index is 15.4. The van der Waals surface area contributed by atoms with E-state index in [1.54, 1.807) is 0 Å². The molecule has 9 nitrogen and oxygen atoms in total. The van der Waals surface area contributed by atoms with E-state index in [4.69, 9.17) is 19.2 Å². The molecular weight excluding hydrogens is 624 g/mol. The Bertz CT molecular complexity index is 1420. The Kier molecular flexibility index (Phi) is 7.28. The van der Waals surface area contributed by atoms with E-state index in [0.717, 1.165) is 64.8 Å². The van der Waals surface area contributed by atoms with Gasteiger partial charge in [0.1, 0.15) is 22.8 Å². The number of morpholine rings is 1. The van der Waals surface area contributed by atoms with E-state index in [9.17, 15) is 9.18 Å². The van der Waals surface area contributed by atoms with Crippen LogP contribution in [0.15, 0.2) is 10.5 Å². The second kappa shape index (κ2) is 10.7. The van der Waals surface area contributed by atoms with Gasteiger partial charge in [0.05, 0.1) is 35.4 Å². The lowest BCUT2D eigenvalue weighted by Gasteiger charge is -2.49. The number of hydrogen-bond donors (Lipinski definition) is 0. The summed E-state index contributed by atoms with van der Waals surface area (Å²) in [5.74, 6) is -1.07. The quantitative estimate of drug-likeness (QED) is 0.366. The van der Waals surface area contributed by atoms with Crippen molar-refractivity contribution >= 4 is 38.7 Å². The largest absolute Gasteiger partial charge is 0.463 e. The fourth-order valence-electron chi connectivity index (χ4n) is 7.28. The summed E-state index contributed by atoms with van der Waals surface area (Å²) < 4.78 is 48.0. The fraction of sp³-hybridized carbons (Fsp3) is 0.710. The minimum atomic E-state index is -0.779. The van der Waals surface area contributed by atoms with Crippen LogP contribution in [0.4, 0.5) is 19.4 Å². The number of carbonyl (C=O) groups excluding carboxylic acids is 1. The van der Waals surface area contributed by atoms with Crippen LogP contribution in [0.25, 0.3) is 10.9 Å². The van der Waals surface area contributed by atoms with E-state index in [2.05, 4.69) is 25.8 Å². The third-order valence-corrected chi connectivity index (χ3v) is 10.5. The lowest BCUT2D eigenvalue weighted by atomic mass is 9.78. The number of fused-ring (bicyclic) bond motifs is 3. The van der Waals surface area contributed by atoms with E-state index in [-0.39, 0.29) is 50.6 Å². The van der Waals surface area contributed by atoms with Gasteiger partial charge in [-0.2, -0.15) is 9.97 Å². The molecule has 5 aliphatic rings. The van der Waals surface area contributed by atoms with Crippen molar-refractivity contribution in [2.45, 2.75) is 89.0 Å². The van der Waals surface area contributed by atoms with Crippen molar-refractivity contribution in [2.24, 2.45) is 5.41 Å². The van der Waals surface area contributed by atoms with Crippen LogP contribution in [0.2, 0.25) is 0 Å². The number of carbonyl (C=O) groups is 1. The first kappa shape index (κ1) is 29.4. The number of piperazine rings is 1. The Hall–Kier alpha value is -2.31. The molecule has 2 bridgehead atoms. The van der Waals surface area contributed by atoms with Crippen LogP contribution in [0.5, 0.6) is 6.01 Å². The zero-order valence-corrected chi connectivity index (χ0v) is 26.7. The van der Waals surface area contributed by atoms with Gasteiger partial charge >= 0.3 is 12.1 Å². The molecule has 2 aromatic rings. The summed E-state index contributed by atoms with van der Waals surface area (Å²) in [5.41, 5.74) is -0.524. The first-order valence-corrected chi connectivity index (χ1v) is 16.3. The van der Waals surface area contributed by atoms with E-state index in [1.165, 1.54) is 12.5 Å². The predicted octanol–water partition coefficient (Wildman–Crippen LogP) is 5.67. The van der Waals surface area contributed by atoms with Gasteiger partial charge in [-0.25, -0.2) is 13.6 Å². The second-order valence-corrected chi connectivity index (χ2v) is 15.1. The minimum absolute atomic E-state index is 0.0140. The van der Waals surface area contributed by atoms with Gasteiger partial charge < -0.3 is 19.1 Å². The number of benzene rings is 1. The number of hydrogen-bond acceptors (Lipinski definition) is 8. The number of ether oxygens (including phenoxy) is 3. The SMILES string of the molecule is CC(C)(C)OC(=O)N1C2CCC1CN(c1nc(OCC3(CN4CCOC5(CCC5)C4)CC3)nc3c(F)c(Br)c(F)cc13)C2. The lowest BCUT2D eigenvalue weighted by molar-refractivity contribution is -0.154. The van der Waals surface area contributed by atoms with Gasteiger partial charge in [0.25, 0.3) is 0 Å². The van der Waals surface area contributed by atoms with Crippen LogP contribution in [0.3, 0.4) is 0 Å². The molecule has 2 unspecified atom stereocenters. The van der Waals surface area contributed by atoms with Crippen molar-refractivity contribution in [3.63, 3.8) is 0 Å². The monoisotopic (exact) mass is 663 g/mol. The zero-order chi connectivity index (χ0) is 30.1. The van der Waals surface area contributed by atoms with Crippen LogP contribution < -0.4 is 9.64 Å². The Morgan fingerprint density at radius 3 is 2.49 bits per heavy atom. The van der Waals surface area contributed by atoms with Crippen molar-refractivity contribution in [2.75, 3.05) is 50.8 Å². The molecule has 1 spiro atoms. The molecule has 5 fully saturated rings. The normalized spacial score (nSPS) is 26.1. The third kappa shape index (κ3) is 5.67. The predicted molar refractivity (Wildman–Crippen MR) is 160 cm³/mol. The Labute approximate surface area is 259 Å². The molecule has 2 saturated carbocycles. The lowest BCUT2D eigenvalue weighted by Crippen LogP contribution is -2.57. The molecule has 1 aromatic carbocycles. The Morgan fingerprint density at radius 1 is 1.14 bits per heavy atom. The van der Waals surface area contributed by atoms with Crippen LogP contribution in [0, 0.1) is 17.0 Å². The number of nitrogens with zero attached hydrogens (tertiary/aromatic N) is 5. The second-order valence-electron chi connectivity index (χ2n) is 14.3. The van der Waals surface area contributed by atoms with Crippen LogP contribution in [-0.4, -0.2) is 95.1 Å². The highest BCUT2D eigenvalue weighted by Crippen LogP contribution is 2.48. The maximum Gasteiger partial charge on any atom is 0.410 e. The number of anilines is 1. The summed E-state index contributed by atoms with van der Waals surface area (Å²) in [6, 6.07) is 1.19. The topological polar surface area (TPSA) is 80.3 Å². The van der Waals surface area contributed by atoms with Gasteiger partial charge in [0.15, 0.2) is 5.82 Å². The van der Waals surface area contributed by atoms with E-state index in [0.29, 0.717) is 25.5 Å². The van der Waals surface area contributed by atoms with Gasteiger partial charge in [0, 0.05) is 43.5 Å². The first-order chi connectivity index (χ1) is 20.4. The third-order valence-electron chi connectivity index (χ3n) is 9.79. The minimum Gasteiger partial charge on any atom is -0.463 e. The summed E-state index contributed by atoms with van der Waals surface area (Å²) in [5, 5.41) is 0.288. The van der Waals surface area contributed by atoms with Crippen molar-refractivity contribution in [1.29, 1.82) is 0 Å². The van der Waals surface area contributed by atoms with Crippen molar-refractivity contribution < 1.29 is 27.8 Å². The highest BCUT2D eigenvalue weighted by atomic mass is 79.9. The van der Waals surface area contributed by atoms with Crippen molar-refractivity contribution in [1.82, 2.24) is 19.8 Å². The Balaban J connectivity index is 1.12. The average Bonchev–Trinajstić information content (AvgIpc) is 3.64. The molecule has 3 saturated heterocycles. The molecule has 2 atom stereocenters. The van der Waals surface area contributed by atoms with Gasteiger partial charge in [0.2, 0.25) is 0 Å². The van der Waals surface area contributed by atoms with Gasteiger partial charge in [-0.3, -0.25) is 9.80 Å². The summed E-state index contributed by atoms with van der Waals surface area (Å²) in [6.07, 6.45) is 6.94. The van der Waals surface area contributed by atoms with E-state index < -0.39 is 17.2 Å². The van der Waals surface area contributed by atoms with Crippen LogP contribution in [0.1, 0.15) is 65.7 Å². The van der Waals surface area contributed by atoms with Gasteiger partial charge in [-0.1, -0.05) is 0 Å². The summed E-state index contributed by atoms with van der Waals surface area (Å²) in [4.78, 5) is 28.6. The summed E-state index contributed by atoms with van der Waals surface area (Å²) in [6.45, 7) is 10.5. The molecule has 7 rings (SSSR count). The number of halogens is 3. The highest BCUT2D eigenvalue weighted by molar-refractivity contribution is 9.10. The summed E-state index contributed by atoms with van der Waals surface area (Å²) >= 11 is 3.04. The molecule has 1 aromatic heterocycles. The van der Waals surface area contributed by atoms with E-state index >= 15 is 4.39 Å². The molecule has 0 radical (unpaired) electrons. The fourth-order valence-corrected chi connectivity index (χ4v) is 7.58. The van der Waals surface area contributed by atoms with E-state index in [1.807, 2.05) is 30.6 Å². The molecule has 12 heteroatoms. The zero-order valence-electron chi connectivity index (χ0n) is 25.1. The molecular formula is C31H40BrF2N5O4. The molecule has 2 aliphatic carbocycles. The van der Waals surface area contributed by atoms with Crippen molar-refractivity contribution in [3.05, 3.63) is 22.2 Å². The maximum absolute atomic E-state index is 15.4. The molecule has 234 valence electrons.